The van der Waals surface area contributed by atoms with Crippen LogP contribution in [0.2, 0.25) is 0 Å². The number of halogens is 1. The molecular weight excluding hydrogens is 421 g/mol. The van der Waals surface area contributed by atoms with Crippen molar-refractivity contribution in [3.05, 3.63) is 84.2 Å². The highest BCUT2D eigenvalue weighted by Gasteiger charge is 2.20. The number of aromatic nitrogens is 3. The van der Waals surface area contributed by atoms with Gasteiger partial charge in [-0.05, 0) is 55.0 Å². The summed E-state index contributed by atoms with van der Waals surface area (Å²) in [5.74, 6) is -0.763. The first-order valence-electron chi connectivity index (χ1n) is 9.39. The van der Waals surface area contributed by atoms with E-state index >= 15 is 0 Å². The van der Waals surface area contributed by atoms with Crippen LogP contribution in [0.4, 0.5) is 15.9 Å². The van der Waals surface area contributed by atoms with E-state index in [1.807, 2.05) is 6.92 Å². The minimum Gasteiger partial charge on any atom is -0.321 e. The molecule has 2 N–H and O–H groups in total. The van der Waals surface area contributed by atoms with Crippen molar-refractivity contribution in [3.63, 3.8) is 0 Å². The molecule has 10 heteroatoms. The summed E-state index contributed by atoms with van der Waals surface area (Å²) in [7, 11) is -3.83. The lowest BCUT2D eigenvalue weighted by Crippen LogP contribution is -2.17. The maximum Gasteiger partial charge on any atom is 0.274 e. The molecule has 0 spiro atoms. The Morgan fingerprint density at radius 3 is 2.55 bits per heavy atom. The molecule has 4 aromatic rings. The molecule has 1 aromatic carbocycles. The number of nitrogens with zero attached hydrogens (tertiary/aromatic N) is 3. The second kappa shape index (κ2) is 8.15. The molecule has 0 saturated heterocycles. The number of carbonyl (C=O) groups is 1. The zero-order valence-electron chi connectivity index (χ0n) is 16.4. The number of hydrogen-bond acceptors (Lipinski definition) is 5. The third-order valence-corrected chi connectivity index (χ3v) is 5.90. The van der Waals surface area contributed by atoms with E-state index in [0.717, 1.165) is 0 Å². The fourth-order valence-corrected chi connectivity index (χ4v) is 4.09. The van der Waals surface area contributed by atoms with Crippen LogP contribution in [0.5, 0.6) is 0 Å². The van der Waals surface area contributed by atoms with Crippen LogP contribution in [0.3, 0.4) is 0 Å². The van der Waals surface area contributed by atoms with Crippen molar-refractivity contribution in [2.24, 2.45) is 0 Å². The summed E-state index contributed by atoms with van der Waals surface area (Å²) in [6.45, 7) is 1.85. The van der Waals surface area contributed by atoms with Gasteiger partial charge in [-0.1, -0.05) is 13.0 Å². The van der Waals surface area contributed by atoms with E-state index in [2.05, 4.69) is 20.0 Å². The van der Waals surface area contributed by atoms with Crippen LogP contribution in [0, 0.1) is 5.82 Å². The number of hydrogen-bond donors (Lipinski definition) is 2. The molecule has 0 fully saturated rings. The van der Waals surface area contributed by atoms with Gasteiger partial charge in [0.25, 0.3) is 15.9 Å². The Balaban J connectivity index is 1.56. The summed E-state index contributed by atoms with van der Waals surface area (Å²) >= 11 is 0. The normalized spacial score (nSPS) is 11.4. The van der Waals surface area contributed by atoms with Crippen LogP contribution in [-0.4, -0.2) is 28.7 Å². The number of imidazole rings is 1. The molecule has 31 heavy (non-hydrogen) atoms. The first kappa shape index (κ1) is 20.5. The van der Waals surface area contributed by atoms with E-state index in [4.69, 9.17) is 0 Å². The quantitative estimate of drug-likeness (QED) is 0.479. The number of rotatable bonds is 6. The number of benzene rings is 1. The van der Waals surface area contributed by atoms with Crippen LogP contribution in [-0.2, 0) is 16.4 Å². The maximum absolute atomic E-state index is 13.7. The average molecular weight is 439 g/mol. The lowest BCUT2D eigenvalue weighted by molar-refractivity contribution is 0.102. The van der Waals surface area contributed by atoms with Gasteiger partial charge in [-0.25, -0.2) is 22.8 Å². The monoisotopic (exact) mass is 439 g/mol. The highest BCUT2D eigenvalue weighted by atomic mass is 32.2. The van der Waals surface area contributed by atoms with Gasteiger partial charge in [-0.15, -0.1) is 0 Å². The molecule has 0 unspecified atom stereocenters. The molecular formula is C21H18FN5O3S. The van der Waals surface area contributed by atoms with Crippen LogP contribution in [0.1, 0.15) is 23.1 Å². The van der Waals surface area contributed by atoms with E-state index in [0.29, 0.717) is 23.4 Å². The fraction of sp³-hybridized carbons (Fsp3) is 0.0952. The highest BCUT2D eigenvalue weighted by Crippen LogP contribution is 2.20. The first-order valence-corrected chi connectivity index (χ1v) is 10.9. The molecule has 0 aliphatic carbocycles. The third-order valence-electron chi connectivity index (χ3n) is 4.53. The van der Waals surface area contributed by atoms with Crippen LogP contribution in [0.25, 0.3) is 5.65 Å². The van der Waals surface area contributed by atoms with Gasteiger partial charge in [0.1, 0.15) is 23.0 Å². The molecule has 0 atom stereocenters. The van der Waals surface area contributed by atoms with Gasteiger partial charge in [-0.3, -0.25) is 13.9 Å². The van der Waals surface area contributed by atoms with Crippen molar-refractivity contribution in [1.82, 2.24) is 14.4 Å². The predicted molar refractivity (Wildman–Crippen MR) is 114 cm³/mol. The number of sulfonamides is 1. The summed E-state index contributed by atoms with van der Waals surface area (Å²) in [6, 6.07) is 13.3. The summed E-state index contributed by atoms with van der Waals surface area (Å²) < 4.78 is 42.5. The lowest BCUT2D eigenvalue weighted by atomic mass is 10.2. The molecule has 0 aliphatic rings. The number of fused-ring (bicyclic) bond motifs is 1. The Bertz CT molecular complexity index is 1350. The van der Waals surface area contributed by atoms with Gasteiger partial charge in [-0.2, -0.15) is 0 Å². The minimum atomic E-state index is -3.83. The minimum absolute atomic E-state index is 0.0160. The first-order chi connectivity index (χ1) is 14.9. The van der Waals surface area contributed by atoms with Crippen molar-refractivity contribution < 1.29 is 17.6 Å². The van der Waals surface area contributed by atoms with Gasteiger partial charge in [0.15, 0.2) is 0 Å². The van der Waals surface area contributed by atoms with Crippen molar-refractivity contribution in [3.8, 4) is 0 Å². The number of amides is 1. The predicted octanol–water partition coefficient (Wildman–Crippen LogP) is 3.48. The number of carbonyl (C=O) groups excluding carboxylic acids is 1. The van der Waals surface area contributed by atoms with Crippen molar-refractivity contribution in [1.29, 1.82) is 0 Å². The largest absolute Gasteiger partial charge is 0.321 e. The molecule has 158 valence electrons. The van der Waals surface area contributed by atoms with E-state index < -0.39 is 21.7 Å². The number of nitrogens with one attached hydrogen (secondary N) is 2. The molecule has 3 aromatic heterocycles. The Hall–Kier alpha value is -3.79. The Morgan fingerprint density at radius 1 is 1.10 bits per heavy atom. The number of anilines is 2. The molecule has 0 aliphatic heterocycles. The zero-order valence-corrected chi connectivity index (χ0v) is 17.2. The molecule has 1 amide bonds. The zero-order chi connectivity index (χ0) is 22.0. The highest BCUT2D eigenvalue weighted by molar-refractivity contribution is 7.92. The summed E-state index contributed by atoms with van der Waals surface area (Å²) in [5, 5.41) is 2.71. The van der Waals surface area contributed by atoms with Crippen LogP contribution in [0.15, 0.2) is 71.9 Å². The molecule has 8 nitrogen and oxygen atoms in total. The summed E-state index contributed by atoms with van der Waals surface area (Å²) in [4.78, 5) is 21.2. The van der Waals surface area contributed by atoms with Gasteiger partial charge < -0.3 is 5.32 Å². The van der Waals surface area contributed by atoms with Gasteiger partial charge >= 0.3 is 0 Å². The van der Waals surface area contributed by atoms with Crippen LogP contribution >= 0.6 is 0 Å². The Labute approximate surface area is 177 Å². The molecule has 0 radical (unpaired) electrons. The topological polar surface area (TPSA) is 105 Å². The van der Waals surface area contributed by atoms with Gasteiger partial charge in [0, 0.05) is 18.1 Å². The molecule has 4 rings (SSSR count). The van der Waals surface area contributed by atoms with E-state index in [-0.39, 0.29) is 16.4 Å². The second-order valence-electron chi connectivity index (χ2n) is 6.64. The smallest absolute Gasteiger partial charge is 0.274 e. The molecule has 0 saturated carbocycles. The SMILES string of the molecule is CCc1nc2ccc(F)cn2c1C(=O)Nc1ccc(S(=O)(=O)Nc2ccccn2)cc1. The Kier molecular flexibility index (Phi) is 5.38. The number of pyridine rings is 2. The third kappa shape index (κ3) is 4.24. The van der Waals surface area contributed by atoms with Crippen molar-refractivity contribution >= 4 is 33.1 Å². The van der Waals surface area contributed by atoms with E-state index in [1.165, 1.54) is 59.3 Å². The fourth-order valence-electron chi connectivity index (χ4n) is 3.08. The van der Waals surface area contributed by atoms with E-state index in [9.17, 15) is 17.6 Å². The lowest BCUT2D eigenvalue weighted by Gasteiger charge is -2.09. The number of aryl methyl sites for hydroxylation is 1. The van der Waals surface area contributed by atoms with E-state index in [1.54, 1.807) is 12.1 Å². The maximum atomic E-state index is 13.7. The van der Waals surface area contributed by atoms with Crippen LogP contribution < -0.4 is 10.0 Å². The van der Waals surface area contributed by atoms with Gasteiger partial charge in [0.2, 0.25) is 0 Å². The summed E-state index contributed by atoms with van der Waals surface area (Å²) in [6.07, 6.45) is 3.17. The second-order valence-corrected chi connectivity index (χ2v) is 8.32. The van der Waals surface area contributed by atoms with Gasteiger partial charge in [0.05, 0.1) is 10.6 Å². The molecule has 3 heterocycles. The molecule has 0 bridgehead atoms. The standard InChI is InChI=1S/C21H18FN5O3S/c1-2-17-20(27-13-14(22)6-11-19(27)25-17)21(28)24-15-7-9-16(10-8-15)31(29,30)26-18-5-3-4-12-23-18/h3-13H,2H2,1H3,(H,23,26)(H,24,28). The van der Waals surface area contributed by atoms with Crippen molar-refractivity contribution in [2.75, 3.05) is 10.0 Å². The summed E-state index contributed by atoms with van der Waals surface area (Å²) in [5.41, 5.74) is 1.60. The van der Waals surface area contributed by atoms with Crippen molar-refractivity contribution in [2.45, 2.75) is 18.2 Å². The Morgan fingerprint density at radius 2 is 1.87 bits per heavy atom. The average Bonchev–Trinajstić information content (AvgIpc) is 3.12.